The van der Waals surface area contributed by atoms with Gasteiger partial charge in [0, 0.05) is 6.20 Å². The molecule has 114 valence electrons. The molecule has 5 rings (SSSR count). The molecule has 0 N–H and O–H groups in total. The van der Waals surface area contributed by atoms with Gasteiger partial charge in [0.2, 0.25) is 0 Å². The SMILES string of the molecule is N#CC(c1cn2c(n1)sc1ccccc12)c1nc2ccccc2s1. The number of nitrogens with zero attached hydrogens (tertiary/aromatic N) is 4. The standard InChI is InChI=1S/C18H10N4S2/c19-9-11(17-20-12-5-1-3-7-15(12)23-17)13-10-22-14-6-2-4-8-16(14)24-18(22)21-13/h1-8,10-11H. The van der Waals surface area contributed by atoms with Crippen LogP contribution in [0.3, 0.4) is 0 Å². The average molecular weight is 346 g/mol. The average Bonchev–Trinajstić information content (AvgIpc) is 3.27. The molecule has 0 amide bonds. The molecule has 0 aliphatic carbocycles. The van der Waals surface area contributed by atoms with Gasteiger partial charge in [-0.3, -0.25) is 4.40 Å². The Hall–Kier alpha value is -2.75. The van der Waals surface area contributed by atoms with E-state index < -0.39 is 5.92 Å². The summed E-state index contributed by atoms with van der Waals surface area (Å²) in [7, 11) is 0. The van der Waals surface area contributed by atoms with Crippen molar-refractivity contribution in [3.8, 4) is 6.07 Å². The molecule has 5 aromatic rings. The largest absolute Gasteiger partial charge is 0.290 e. The van der Waals surface area contributed by atoms with Crippen molar-refractivity contribution in [1.82, 2.24) is 14.4 Å². The first kappa shape index (κ1) is 13.7. The van der Waals surface area contributed by atoms with Crippen LogP contribution in [0.4, 0.5) is 0 Å². The van der Waals surface area contributed by atoms with Crippen molar-refractivity contribution in [2.24, 2.45) is 0 Å². The van der Waals surface area contributed by atoms with Gasteiger partial charge in [0.05, 0.1) is 32.2 Å². The zero-order valence-electron chi connectivity index (χ0n) is 12.4. The van der Waals surface area contributed by atoms with E-state index in [0.29, 0.717) is 0 Å². The molecule has 4 nitrogen and oxygen atoms in total. The zero-order chi connectivity index (χ0) is 16.1. The van der Waals surface area contributed by atoms with Crippen molar-refractivity contribution in [3.63, 3.8) is 0 Å². The second-order valence-corrected chi connectivity index (χ2v) is 7.54. The summed E-state index contributed by atoms with van der Waals surface area (Å²) in [5.41, 5.74) is 2.81. The lowest BCUT2D eigenvalue weighted by atomic mass is 10.1. The Balaban J connectivity index is 1.67. The third-order valence-electron chi connectivity index (χ3n) is 4.00. The van der Waals surface area contributed by atoms with Crippen LogP contribution in [-0.2, 0) is 0 Å². The van der Waals surface area contributed by atoms with Gasteiger partial charge in [0.15, 0.2) is 4.96 Å². The third kappa shape index (κ3) is 1.96. The van der Waals surface area contributed by atoms with Crippen molar-refractivity contribution in [2.45, 2.75) is 5.92 Å². The highest BCUT2D eigenvalue weighted by Gasteiger charge is 2.22. The molecule has 0 fully saturated rings. The Labute approximate surface area is 145 Å². The molecule has 1 unspecified atom stereocenters. The fourth-order valence-corrected chi connectivity index (χ4v) is 4.91. The number of aromatic nitrogens is 3. The van der Waals surface area contributed by atoms with Gasteiger partial charge >= 0.3 is 0 Å². The molecule has 6 heteroatoms. The van der Waals surface area contributed by atoms with E-state index in [1.165, 1.54) is 4.70 Å². The summed E-state index contributed by atoms with van der Waals surface area (Å²) in [4.78, 5) is 10.2. The van der Waals surface area contributed by atoms with Gasteiger partial charge < -0.3 is 0 Å². The van der Waals surface area contributed by atoms with Crippen LogP contribution in [0.15, 0.2) is 54.7 Å². The first-order valence-electron chi connectivity index (χ1n) is 7.45. The van der Waals surface area contributed by atoms with Gasteiger partial charge in [-0.05, 0) is 24.3 Å². The normalized spacial score (nSPS) is 12.8. The highest BCUT2D eigenvalue weighted by molar-refractivity contribution is 7.23. The Morgan fingerprint density at radius 3 is 2.58 bits per heavy atom. The van der Waals surface area contributed by atoms with Gasteiger partial charge in [-0.25, -0.2) is 9.97 Å². The molecule has 3 aromatic heterocycles. The molecule has 0 aliphatic heterocycles. The summed E-state index contributed by atoms with van der Waals surface area (Å²) in [6.45, 7) is 0. The third-order valence-corrected chi connectivity index (χ3v) is 6.14. The molecule has 0 saturated carbocycles. The number of benzene rings is 2. The van der Waals surface area contributed by atoms with E-state index in [-0.39, 0.29) is 0 Å². The number of fused-ring (bicyclic) bond motifs is 4. The number of hydrogen-bond acceptors (Lipinski definition) is 5. The highest BCUT2D eigenvalue weighted by atomic mass is 32.1. The van der Waals surface area contributed by atoms with E-state index in [2.05, 4.69) is 27.6 Å². The summed E-state index contributed by atoms with van der Waals surface area (Å²) >= 11 is 3.20. The van der Waals surface area contributed by atoms with Gasteiger partial charge in [0.25, 0.3) is 0 Å². The van der Waals surface area contributed by atoms with Crippen molar-refractivity contribution in [2.75, 3.05) is 0 Å². The van der Waals surface area contributed by atoms with Crippen LogP contribution >= 0.6 is 22.7 Å². The lowest BCUT2D eigenvalue weighted by Crippen LogP contribution is -1.97. The van der Waals surface area contributed by atoms with Crippen molar-refractivity contribution in [1.29, 1.82) is 5.26 Å². The Morgan fingerprint density at radius 1 is 0.958 bits per heavy atom. The summed E-state index contributed by atoms with van der Waals surface area (Å²) in [6.07, 6.45) is 1.97. The smallest absolute Gasteiger partial charge is 0.195 e. The van der Waals surface area contributed by atoms with Crippen LogP contribution in [0.1, 0.15) is 16.6 Å². The fraction of sp³-hybridized carbons (Fsp3) is 0.0556. The van der Waals surface area contributed by atoms with E-state index in [1.807, 2.05) is 42.6 Å². The predicted octanol–water partition coefficient (Wildman–Crippen LogP) is 4.81. The van der Waals surface area contributed by atoms with Crippen LogP contribution in [0.25, 0.3) is 25.4 Å². The van der Waals surface area contributed by atoms with Crippen LogP contribution in [-0.4, -0.2) is 14.4 Å². The molecule has 24 heavy (non-hydrogen) atoms. The molecule has 0 radical (unpaired) electrons. The van der Waals surface area contributed by atoms with E-state index in [9.17, 15) is 5.26 Å². The number of para-hydroxylation sites is 2. The van der Waals surface area contributed by atoms with Crippen molar-refractivity contribution < 1.29 is 0 Å². The summed E-state index contributed by atoms with van der Waals surface area (Å²) in [6, 6.07) is 18.5. The van der Waals surface area contributed by atoms with Crippen LogP contribution in [0, 0.1) is 11.3 Å². The number of hydrogen-bond donors (Lipinski definition) is 0. The molecular weight excluding hydrogens is 336 g/mol. The van der Waals surface area contributed by atoms with Gasteiger partial charge in [0.1, 0.15) is 10.9 Å². The fourth-order valence-electron chi connectivity index (χ4n) is 2.87. The first-order valence-corrected chi connectivity index (χ1v) is 9.08. The van der Waals surface area contributed by atoms with Gasteiger partial charge in [-0.15, -0.1) is 11.3 Å². The summed E-state index contributed by atoms with van der Waals surface area (Å²) in [5.74, 6) is -0.437. The topological polar surface area (TPSA) is 54.0 Å². The Kier molecular flexibility index (Phi) is 2.92. The maximum Gasteiger partial charge on any atom is 0.195 e. The quantitative estimate of drug-likeness (QED) is 0.461. The van der Waals surface area contributed by atoms with Crippen LogP contribution in [0.2, 0.25) is 0 Å². The monoisotopic (exact) mass is 346 g/mol. The molecule has 2 aromatic carbocycles. The lowest BCUT2D eigenvalue weighted by molar-refractivity contribution is 0.974. The molecule has 0 spiro atoms. The van der Waals surface area contributed by atoms with E-state index >= 15 is 0 Å². The first-order chi connectivity index (χ1) is 11.8. The second kappa shape index (κ2) is 5.13. The maximum absolute atomic E-state index is 9.70. The van der Waals surface area contributed by atoms with Crippen LogP contribution < -0.4 is 0 Å². The second-order valence-electron chi connectivity index (χ2n) is 5.47. The van der Waals surface area contributed by atoms with E-state index in [4.69, 9.17) is 4.98 Å². The number of thiazole rings is 2. The minimum atomic E-state index is -0.437. The highest BCUT2D eigenvalue weighted by Crippen LogP contribution is 2.33. The lowest BCUT2D eigenvalue weighted by Gasteiger charge is -2.00. The Bertz CT molecular complexity index is 1210. The van der Waals surface area contributed by atoms with E-state index in [0.717, 1.165) is 31.4 Å². The minimum Gasteiger partial charge on any atom is -0.290 e. The molecule has 0 bridgehead atoms. The minimum absolute atomic E-state index is 0.437. The maximum atomic E-state index is 9.70. The summed E-state index contributed by atoms with van der Waals surface area (Å²) in [5, 5.41) is 10.5. The predicted molar refractivity (Wildman–Crippen MR) is 97.7 cm³/mol. The van der Waals surface area contributed by atoms with Crippen molar-refractivity contribution >= 4 is 48.1 Å². The number of imidazole rings is 1. The van der Waals surface area contributed by atoms with Gasteiger partial charge in [-0.1, -0.05) is 35.6 Å². The number of rotatable bonds is 2. The summed E-state index contributed by atoms with van der Waals surface area (Å²) < 4.78 is 4.35. The zero-order valence-corrected chi connectivity index (χ0v) is 14.0. The van der Waals surface area contributed by atoms with E-state index in [1.54, 1.807) is 22.7 Å². The number of nitriles is 1. The van der Waals surface area contributed by atoms with Crippen LogP contribution in [0.5, 0.6) is 0 Å². The molecule has 0 aliphatic rings. The molecule has 1 atom stereocenters. The molecule has 3 heterocycles. The molecule has 0 saturated heterocycles. The molecular formula is C18H10N4S2. The Morgan fingerprint density at radius 2 is 1.75 bits per heavy atom. The van der Waals surface area contributed by atoms with Gasteiger partial charge in [-0.2, -0.15) is 5.26 Å². The van der Waals surface area contributed by atoms with Crippen molar-refractivity contribution in [3.05, 3.63) is 65.4 Å².